The molecule has 182 valence electrons. The molecule has 3 heterocycles. The Balaban J connectivity index is 1.80. The number of anilines is 1. The van der Waals surface area contributed by atoms with Crippen molar-refractivity contribution in [3.05, 3.63) is 61.1 Å². The van der Waals surface area contributed by atoms with Crippen LogP contribution in [0.3, 0.4) is 0 Å². The van der Waals surface area contributed by atoms with Crippen LogP contribution in [0.1, 0.15) is 78.2 Å². The first-order valence-corrected chi connectivity index (χ1v) is 13.7. The summed E-state index contributed by atoms with van der Waals surface area (Å²) in [6.07, 6.45) is 5.96. The Labute approximate surface area is 213 Å². The molecule has 2 aromatic heterocycles. The Kier molecular flexibility index (Phi) is 6.10. The average Bonchev–Trinajstić information content (AvgIpc) is 3.40. The summed E-state index contributed by atoms with van der Waals surface area (Å²) in [6.45, 7) is 4.16. The van der Waals surface area contributed by atoms with Crippen molar-refractivity contribution in [1.29, 1.82) is 5.26 Å². The standard InChI is InChI=1S/C27H29N3O3S2/c1-27(2)11-18-23(19(31)12-27)21(15-9-10-34-14-15)17(13-28)24(29)30(18)25-22(26(32)33-3)16-7-5-4-6-8-20(16)35-25/h9-10,14,21H,4-8,11-12,29H2,1-3H3. The summed E-state index contributed by atoms with van der Waals surface area (Å²) in [4.78, 5) is 29.8. The van der Waals surface area contributed by atoms with Crippen molar-refractivity contribution >= 4 is 39.4 Å². The number of methoxy groups -OCH3 is 1. The number of Topliss-reactive ketones (excluding diaryl/α,β-unsaturated/α-hetero) is 1. The quantitative estimate of drug-likeness (QED) is 0.416. The minimum absolute atomic E-state index is 0.0374. The van der Waals surface area contributed by atoms with Gasteiger partial charge in [-0.3, -0.25) is 9.69 Å². The van der Waals surface area contributed by atoms with E-state index in [4.69, 9.17) is 10.5 Å². The zero-order valence-electron chi connectivity index (χ0n) is 20.3. The first-order chi connectivity index (χ1) is 16.8. The molecule has 1 unspecified atom stereocenters. The minimum atomic E-state index is -0.486. The number of carbonyl (C=O) groups is 2. The van der Waals surface area contributed by atoms with Crippen molar-refractivity contribution in [1.82, 2.24) is 0 Å². The van der Waals surface area contributed by atoms with E-state index in [1.807, 2.05) is 21.7 Å². The van der Waals surface area contributed by atoms with Crippen LogP contribution in [0.5, 0.6) is 0 Å². The summed E-state index contributed by atoms with van der Waals surface area (Å²) in [5.41, 5.74) is 10.8. The molecule has 0 spiro atoms. The Morgan fingerprint density at radius 1 is 1.26 bits per heavy atom. The van der Waals surface area contributed by atoms with E-state index in [2.05, 4.69) is 19.9 Å². The lowest BCUT2D eigenvalue weighted by atomic mass is 9.69. The van der Waals surface area contributed by atoms with Gasteiger partial charge < -0.3 is 10.5 Å². The Morgan fingerprint density at radius 3 is 2.71 bits per heavy atom. The molecule has 0 amide bonds. The summed E-state index contributed by atoms with van der Waals surface area (Å²) < 4.78 is 5.24. The molecule has 35 heavy (non-hydrogen) atoms. The predicted octanol–water partition coefficient (Wildman–Crippen LogP) is 5.81. The fourth-order valence-electron chi connectivity index (χ4n) is 5.71. The number of hydrogen-bond acceptors (Lipinski definition) is 8. The van der Waals surface area contributed by atoms with Gasteiger partial charge in [0.25, 0.3) is 0 Å². The topological polar surface area (TPSA) is 96.4 Å². The molecule has 0 radical (unpaired) electrons. The molecule has 2 aliphatic carbocycles. The summed E-state index contributed by atoms with van der Waals surface area (Å²) in [5.74, 6) is -0.542. The van der Waals surface area contributed by atoms with E-state index in [0.717, 1.165) is 48.9 Å². The number of ether oxygens (including phenoxy) is 1. The van der Waals surface area contributed by atoms with Gasteiger partial charge in [-0.15, -0.1) is 11.3 Å². The van der Waals surface area contributed by atoms with Crippen molar-refractivity contribution < 1.29 is 14.3 Å². The van der Waals surface area contributed by atoms with E-state index in [1.165, 1.54) is 23.3 Å². The number of aryl methyl sites for hydroxylation is 1. The van der Waals surface area contributed by atoms with Gasteiger partial charge in [0, 0.05) is 22.6 Å². The van der Waals surface area contributed by atoms with E-state index < -0.39 is 11.9 Å². The zero-order valence-corrected chi connectivity index (χ0v) is 21.9. The minimum Gasteiger partial charge on any atom is -0.465 e. The van der Waals surface area contributed by atoms with Crippen LogP contribution in [0, 0.1) is 16.7 Å². The van der Waals surface area contributed by atoms with Gasteiger partial charge in [0.1, 0.15) is 10.8 Å². The third kappa shape index (κ3) is 3.91. The predicted molar refractivity (Wildman–Crippen MR) is 138 cm³/mol. The summed E-state index contributed by atoms with van der Waals surface area (Å²) in [7, 11) is 1.40. The normalized spacial score (nSPS) is 21.8. The summed E-state index contributed by atoms with van der Waals surface area (Å²) >= 11 is 3.09. The van der Waals surface area contributed by atoms with Crippen LogP contribution in [0.15, 0.2) is 39.5 Å². The second-order valence-electron chi connectivity index (χ2n) is 10.3. The van der Waals surface area contributed by atoms with E-state index >= 15 is 0 Å². The molecule has 0 saturated heterocycles. The SMILES string of the molecule is COC(=O)c1c(N2C(N)=C(C#N)C(c3ccsc3)C3=C2CC(C)(C)CC3=O)sc2c1CCCCC2. The van der Waals surface area contributed by atoms with E-state index in [1.54, 1.807) is 11.3 Å². The molecule has 2 aromatic rings. The van der Waals surface area contributed by atoms with Crippen LogP contribution >= 0.6 is 22.7 Å². The van der Waals surface area contributed by atoms with Crippen molar-refractivity contribution in [2.75, 3.05) is 12.0 Å². The fraction of sp³-hybridized carbons (Fsp3) is 0.444. The van der Waals surface area contributed by atoms with Gasteiger partial charge >= 0.3 is 5.97 Å². The van der Waals surface area contributed by atoms with Gasteiger partial charge in [0.2, 0.25) is 0 Å². The maximum atomic E-state index is 13.7. The number of hydrogen-bond donors (Lipinski definition) is 1. The Morgan fingerprint density at radius 2 is 2.03 bits per heavy atom. The van der Waals surface area contributed by atoms with Gasteiger partial charge in [-0.1, -0.05) is 20.3 Å². The van der Waals surface area contributed by atoms with E-state index in [0.29, 0.717) is 40.4 Å². The van der Waals surface area contributed by atoms with Gasteiger partial charge in [-0.2, -0.15) is 16.6 Å². The van der Waals surface area contributed by atoms with E-state index in [-0.39, 0.29) is 11.2 Å². The van der Waals surface area contributed by atoms with Gasteiger partial charge in [0.05, 0.1) is 30.2 Å². The summed E-state index contributed by atoms with van der Waals surface area (Å²) in [5, 5.41) is 14.9. The zero-order chi connectivity index (χ0) is 24.9. The van der Waals surface area contributed by atoms with Crippen molar-refractivity contribution in [2.24, 2.45) is 11.1 Å². The molecular weight excluding hydrogens is 478 g/mol. The highest BCUT2D eigenvalue weighted by Crippen LogP contribution is 2.53. The van der Waals surface area contributed by atoms with Crippen molar-refractivity contribution in [3.63, 3.8) is 0 Å². The van der Waals surface area contributed by atoms with Gasteiger partial charge in [-0.05, 0) is 65.5 Å². The number of thiophene rings is 2. The lowest BCUT2D eigenvalue weighted by Gasteiger charge is -2.43. The maximum Gasteiger partial charge on any atom is 0.341 e. The number of nitrogens with two attached hydrogens (primary N) is 1. The van der Waals surface area contributed by atoms with Gasteiger partial charge in [-0.25, -0.2) is 4.79 Å². The summed E-state index contributed by atoms with van der Waals surface area (Å²) in [6, 6.07) is 4.28. The van der Waals surface area contributed by atoms with Crippen LogP contribution in [-0.2, 0) is 22.4 Å². The van der Waals surface area contributed by atoms with Crippen molar-refractivity contribution in [2.45, 2.75) is 64.7 Å². The number of esters is 1. The number of rotatable bonds is 3. The third-order valence-electron chi connectivity index (χ3n) is 7.25. The lowest BCUT2D eigenvalue weighted by Crippen LogP contribution is -2.42. The average molecular weight is 508 g/mol. The highest BCUT2D eigenvalue weighted by molar-refractivity contribution is 7.16. The number of nitrogens with zero attached hydrogens (tertiary/aromatic N) is 2. The molecule has 3 aliphatic rings. The van der Waals surface area contributed by atoms with Crippen molar-refractivity contribution in [3.8, 4) is 6.07 Å². The van der Waals surface area contributed by atoms with Crippen LogP contribution in [0.25, 0.3) is 0 Å². The Hall–Kier alpha value is -2.89. The maximum absolute atomic E-state index is 13.7. The highest BCUT2D eigenvalue weighted by Gasteiger charge is 2.46. The lowest BCUT2D eigenvalue weighted by molar-refractivity contribution is -0.118. The molecule has 5 rings (SSSR count). The number of fused-ring (bicyclic) bond motifs is 1. The van der Waals surface area contributed by atoms with Crippen LogP contribution < -0.4 is 10.6 Å². The number of ketones is 1. The first-order valence-electron chi connectivity index (χ1n) is 12.0. The largest absolute Gasteiger partial charge is 0.465 e. The second-order valence-corrected chi connectivity index (χ2v) is 12.1. The van der Waals surface area contributed by atoms with Gasteiger partial charge in [0.15, 0.2) is 5.78 Å². The number of allylic oxidation sites excluding steroid dienone is 3. The van der Waals surface area contributed by atoms with E-state index in [9.17, 15) is 14.9 Å². The molecule has 0 bridgehead atoms. The molecule has 0 fully saturated rings. The monoisotopic (exact) mass is 507 g/mol. The smallest absolute Gasteiger partial charge is 0.341 e. The molecule has 0 aromatic carbocycles. The molecule has 6 nitrogen and oxygen atoms in total. The molecule has 8 heteroatoms. The van der Waals surface area contributed by atoms with Crippen LogP contribution in [0.2, 0.25) is 0 Å². The number of nitriles is 1. The van der Waals surface area contributed by atoms with Crippen LogP contribution in [-0.4, -0.2) is 18.9 Å². The molecule has 0 saturated carbocycles. The molecule has 1 atom stereocenters. The Bertz CT molecular complexity index is 1310. The second kappa shape index (κ2) is 8.96. The third-order valence-corrected chi connectivity index (χ3v) is 9.23. The first kappa shape index (κ1) is 23.8. The molecular formula is C27H29N3O3S2. The molecule has 2 N–H and O–H groups in total. The van der Waals surface area contributed by atoms with Crippen LogP contribution in [0.4, 0.5) is 5.00 Å². The highest BCUT2D eigenvalue weighted by atomic mass is 32.1. The fourth-order valence-corrected chi connectivity index (χ4v) is 7.81. The molecule has 1 aliphatic heterocycles. The number of carbonyl (C=O) groups excluding carboxylic acids is 2.